The number of rotatable bonds is 5. The largest absolute Gasteiger partial charge is 0.336 e. The third kappa shape index (κ3) is 4.65. The number of benzene rings is 1. The molecule has 0 bridgehead atoms. The fourth-order valence-corrected chi connectivity index (χ4v) is 2.97. The molecule has 1 aromatic rings. The number of hydrogen-bond donors (Lipinski definition) is 1. The Kier molecular flexibility index (Phi) is 7.45. The summed E-state index contributed by atoms with van der Waals surface area (Å²) in [6.07, 6.45) is 2.82. The van der Waals surface area contributed by atoms with Crippen molar-refractivity contribution in [2.45, 2.75) is 39.2 Å². The first kappa shape index (κ1) is 19.4. The maximum Gasteiger partial charge on any atom is 0.269 e. The lowest BCUT2D eigenvalue weighted by molar-refractivity contribution is -0.384. The summed E-state index contributed by atoms with van der Waals surface area (Å²) in [6, 6.07) is 4.72. The van der Waals surface area contributed by atoms with Gasteiger partial charge >= 0.3 is 0 Å². The molecule has 1 aliphatic rings. The monoisotopic (exact) mass is 341 g/mol. The van der Waals surface area contributed by atoms with Crippen molar-refractivity contribution >= 4 is 24.0 Å². The van der Waals surface area contributed by atoms with Crippen molar-refractivity contribution in [1.82, 2.24) is 10.2 Å². The predicted molar refractivity (Wildman–Crippen MR) is 92.3 cm³/mol. The minimum atomic E-state index is -0.433. The second kappa shape index (κ2) is 8.84. The Bertz CT molecular complexity index is 560. The number of amides is 1. The van der Waals surface area contributed by atoms with E-state index in [4.69, 9.17) is 0 Å². The van der Waals surface area contributed by atoms with Crippen LogP contribution >= 0.6 is 12.4 Å². The lowest BCUT2D eigenvalue weighted by atomic mass is 10.0. The van der Waals surface area contributed by atoms with Crippen LogP contribution in [0.15, 0.2) is 18.2 Å². The standard InChI is InChI=1S/C16H23N3O3.ClH/c1-3-10-18(13-6-8-17-9-7-13)16(20)15-5-4-14(19(21)22)11-12(15)2;/h4-5,11,13,17H,3,6-10H2,1-2H3;1H. The van der Waals surface area contributed by atoms with Crippen LogP contribution in [0.1, 0.15) is 42.1 Å². The maximum absolute atomic E-state index is 12.9. The Labute approximate surface area is 142 Å². The Balaban J connectivity index is 0.00000264. The molecule has 1 fully saturated rings. The average Bonchev–Trinajstić information content (AvgIpc) is 2.52. The predicted octanol–water partition coefficient (Wildman–Crippen LogP) is 2.93. The van der Waals surface area contributed by atoms with Crippen LogP contribution < -0.4 is 5.32 Å². The zero-order valence-electron chi connectivity index (χ0n) is 13.6. The van der Waals surface area contributed by atoms with E-state index in [0.717, 1.165) is 38.9 Å². The van der Waals surface area contributed by atoms with Crippen LogP contribution in [0.4, 0.5) is 5.69 Å². The zero-order valence-corrected chi connectivity index (χ0v) is 14.4. The Morgan fingerprint density at radius 2 is 2.04 bits per heavy atom. The lowest BCUT2D eigenvalue weighted by Crippen LogP contribution is -2.46. The number of nitro groups is 1. The van der Waals surface area contributed by atoms with Gasteiger partial charge < -0.3 is 10.2 Å². The molecule has 7 heteroatoms. The van der Waals surface area contributed by atoms with E-state index >= 15 is 0 Å². The molecule has 1 aliphatic heterocycles. The smallest absolute Gasteiger partial charge is 0.269 e. The van der Waals surface area contributed by atoms with Crippen molar-refractivity contribution in [3.05, 3.63) is 39.4 Å². The number of nitrogens with one attached hydrogen (secondary N) is 1. The van der Waals surface area contributed by atoms with Gasteiger partial charge in [0.15, 0.2) is 0 Å². The molecule has 0 aromatic heterocycles. The molecule has 1 saturated heterocycles. The molecule has 1 heterocycles. The number of hydrogen-bond acceptors (Lipinski definition) is 4. The van der Waals surface area contributed by atoms with Gasteiger partial charge in [0.1, 0.15) is 0 Å². The number of piperidine rings is 1. The molecule has 6 nitrogen and oxygen atoms in total. The summed E-state index contributed by atoms with van der Waals surface area (Å²) in [6.45, 7) is 6.39. The number of aryl methyl sites for hydroxylation is 1. The molecule has 1 N–H and O–H groups in total. The third-order valence-electron chi connectivity index (χ3n) is 4.13. The van der Waals surface area contributed by atoms with Crippen LogP contribution in [0.3, 0.4) is 0 Å². The van der Waals surface area contributed by atoms with Gasteiger partial charge in [-0.25, -0.2) is 0 Å². The fourth-order valence-electron chi connectivity index (χ4n) is 2.97. The first-order valence-corrected chi connectivity index (χ1v) is 7.81. The SMILES string of the molecule is CCCN(C(=O)c1ccc([N+](=O)[O-])cc1C)C1CCNCC1.Cl. The van der Waals surface area contributed by atoms with Crippen molar-refractivity contribution < 1.29 is 9.72 Å². The van der Waals surface area contributed by atoms with Crippen molar-refractivity contribution in [2.75, 3.05) is 19.6 Å². The first-order chi connectivity index (χ1) is 10.5. The van der Waals surface area contributed by atoms with Gasteiger partial charge in [0.2, 0.25) is 0 Å². The van der Waals surface area contributed by atoms with Crippen molar-refractivity contribution in [1.29, 1.82) is 0 Å². The number of nitrogens with zero attached hydrogens (tertiary/aromatic N) is 2. The van der Waals surface area contributed by atoms with Gasteiger partial charge in [-0.15, -0.1) is 12.4 Å². The van der Waals surface area contributed by atoms with E-state index in [9.17, 15) is 14.9 Å². The van der Waals surface area contributed by atoms with E-state index in [1.165, 1.54) is 12.1 Å². The Morgan fingerprint density at radius 3 is 2.57 bits per heavy atom. The van der Waals surface area contributed by atoms with E-state index in [1.54, 1.807) is 13.0 Å². The molecule has 1 amide bonds. The molecule has 0 saturated carbocycles. The maximum atomic E-state index is 12.9. The third-order valence-corrected chi connectivity index (χ3v) is 4.13. The number of non-ortho nitro benzene ring substituents is 1. The summed E-state index contributed by atoms with van der Waals surface area (Å²) < 4.78 is 0. The lowest BCUT2D eigenvalue weighted by Gasteiger charge is -2.35. The van der Waals surface area contributed by atoms with Crippen molar-refractivity contribution in [2.24, 2.45) is 0 Å². The second-order valence-corrected chi connectivity index (χ2v) is 5.74. The molecule has 0 spiro atoms. The number of halogens is 1. The molecule has 2 rings (SSSR count). The average molecular weight is 342 g/mol. The fraction of sp³-hybridized carbons (Fsp3) is 0.562. The van der Waals surface area contributed by atoms with Gasteiger partial charge in [0.25, 0.3) is 11.6 Å². The molecule has 128 valence electrons. The van der Waals surface area contributed by atoms with Gasteiger partial charge in [-0.3, -0.25) is 14.9 Å². The van der Waals surface area contributed by atoms with Crippen LogP contribution in [0.2, 0.25) is 0 Å². The van der Waals surface area contributed by atoms with E-state index in [2.05, 4.69) is 12.2 Å². The molecule has 0 radical (unpaired) electrons. The van der Waals surface area contributed by atoms with E-state index in [0.29, 0.717) is 11.1 Å². The van der Waals surface area contributed by atoms with E-state index in [1.807, 2.05) is 4.90 Å². The van der Waals surface area contributed by atoms with E-state index in [-0.39, 0.29) is 30.0 Å². The Morgan fingerprint density at radius 1 is 1.39 bits per heavy atom. The van der Waals surface area contributed by atoms with E-state index < -0.39 is 4.92 Å². The minimum absolute atomic E-state index is 0. The Hall–Kier alpha value is -1.66. The normalized spacial score (nSPS) is 14.9. The van der Waals surface area contributed by atoms with Crippen LogP contribution in [-0.2, 0) is 0 Å². The second-order valence-electron chi connectivity index (χ2n) is 5.74. The summed E-state index contributed by atoms with van der Waals surface area (Å²) in [5.74, 6) is -0.0128. The summed E-state index contributed by atoms with van der Waals surface area (Å²) in [5, 5.41) is 14.1. The first-order valence-electron chi connectivity index (χ1n) is 7.81. The van der Waals surface area contributed by atoms with Gasteiger partial charge in [-0.1, -0.05) is 6.92 Å². The summed E-state index contributed by atoms with van der Waals surface area (Å²) in [5.41, 5.74) is 1.25. The molecule has 23 heavy (non-hydrogen) atoms. The van der Waals surface area contributed by atoms with Crippen LogP contribution in [0, 0.1) is 17.0 Å². The quantitative estimate of drug-likeness (QED) is 0.660. The minimum Gasteiger partial charge on any atom is -0.336 e. The summed E-state index contributed by atoms with van der Waals surface area (Å²) in [4.78, 5) is 25.2. The van der Waals surface area contributed by atoms with Gasteiger partial charge in [0, 0.05) is 30.3 Å². The number of nitro benzene ring substituents is 1. The summed E-state index contributed by atoms with van der Waals surface area (Å²) in [7, 11) is 0. The summed E-state index contributed by atoms with van der Waals surface area (Å²) >= 11 is 0. The van der Waals surface area contributed by atoms with Crippen LogP contribution in [0.25, 0.3) is 0 Å². The number of carbonyl (C=O) groups is 1. The molecule has 0 unspecified atom stereocenters. The van der Waals surface area contributed by atoms with Gasteiger partial charge in [-0.05, 0) is 50.9 Å². The van der Waals surface area contributed by atoms with Gasteiger partial charge in [-0.2, -0.15) is 0 Å². The van der Waals surface area contributed by atoms with Gasteiger partial charge in [0.05, 0.1) is 4.92 Å². The topological polar surface area (TPSA) is 75.5 Å². The highest BCUT2D eigenvalue weighted by molar-refractivity contribution is 5.96. The van der Waals surface area contributed by atoms with Crippen LogP contribution in [0.5, 0.6) is 0 Å². The zero-order chi connectivity index (χ0) is 16.1. The highest BCUT2D eigenvalue weighted by Gasteiger charge is 2.26. The van der Waals surface area contributed by atoms with Crippen molar-refractivity contribution in [3.63, 3.8) is 0 Å². The number of carbonyl (C=O) groups excluding carboxylic acids is 1. The highest BCUT2D eigenvalue weighted by Crippen LogP contribution is 2.21. The molecule has 0 atom stereocenters. The van der Waals surface area contributed by atoms with Crippen LogP contribution in [-0.4, -0.2) is 41.4 Å². The molecule has 0 aliphatic carbocycles. The molecular weight excluding hydrogens is 318 g/mol. The highest BCUT2D eigenvalue weighted by atomic mass is 35.5. The molecular formula is C16H24ClN3O3. The van der Waals surface area contributed by atoms with Crippen molar-refractivity contribution in [3.8, 4) is 0 Å². The molecule has 1 aromatic carbocycles.